The highest BCUT2D eigenvalue weighted by Crippen LogP contribution is 2.32. The highest BCUT2D eigenvalue weighted by atomic mass is 32.2. The van der Waals surface area contributed by atoms with Crippen molar-refractivity contribution in [3.05, 3.63) is 42.7 Å². The van der Waals surface area contributed by atoms with E-state index in [1.165, 1.54) is 23.4 Å². The highest BCUT2D eigenvalue weighted by Gasteiger charge is 2.23. The minimum atomic E-state index is -3.35. The zero-order valence-electron chi connectivity index (χ0n) is 18.6. The van der Waals surface area contributed by atoms with E-state index in [1.807, 2.05) is 41.1 Å². The van der Waals surface area contributed by atoms with Crippen LogP contribution in [0.1, 0.15) is 39.5 Å². The van der Waals surface area contributed by atoms with Crippen LogP contribution in [0.25, 0.3) is 16.7 Å². The van der Waals surface area contributed by atoms with Crippen LogP contribution in [0, 0.1) is 11.8 Å². The summed E-state index contributed by atoms with van der Waals surface area (Å²) in [4.78, 5) is 9.18. The largest absolute Gasteiger partial charge is 0.351 e. The fraction of sp³-hybridized carbons (Fsp3) is 0.478. The van der Waals surface area contributed by atoms with E-state index in [0.717, 1.165) is 41.4 Å². The van der Waals surface area contributed by atoms with Crippen LogP contribution in [0.4, 0.5) is 11.6 Å². The molecule has 1 N–H and O–H groups in total. The Hall–Kier alpha value is -2.61. The van der Waals surface area contributed by atoms with Crippen LogP contribution >= 0.6 is 0 Å². The minimum absolute atomic E-state index is 0.404. The lowest BCUT2D eigenvalue weighted by Gasteiger charge is -2.31. The van der Waals surface area contributed by atoms with Crippen LogP contribution in [-0.2, 0) is 10.0 Å². The second-order valence-corrected chi connectivity index (χ2v) is 10.9. The molecular formula is C23H31N5O2S. The maximum Gasteiger partial charge on any atom is 0.232 e. The number of hydrogen-bond donors (Lipinski definition) is 1. The average molecular weight is 442 g/mol. The smallest absolute Gasteiger partial charge is 0.232 e. The highest BCUT2D eigenvalue weighted by molar-refractivity contribution is 7.92. The van der Waals surface area contributed by atoms with E-state index in [1.54, 1.807) is 13.2 Å². The van der Waals surface area contributed by atoms with Gasteiger partial charge in [-0.15, -0.1) is 0 Å². The Morgan fingerprint density at radius 3 is 2.55 bits per heavy atom. The van der Waals surface area contributed by atoms with Gasteiger partial charge in [0.05, 0.1) is 17.5 Å². The van der Waals surface area contributed by atoms with Crippen LogP contribution in [0.5, 0.6) is 0 Å². The van der Waals surface area contributed by atoms with Crippen molar-refractivity contribution in [3.63, 3.8) is 0 Å². The molecule has 0 spiro atoms. The van der Waals surface area contributed by atoms with E-state index in [9.17, 15) is 8.42 Å². The van der Waals surface area contributed by atoms with E-state index >= 15 is 0 Å². The van der Waals surface area contributed by atoms with Gasteiger partial charge in [-0.3, -0.25) is 4.31 Å². The molecule has 0 radical (unpaired) electrons. The maximum atomic E-state index is 12.0. The predicted molar refractivity (Wildman–Crippen MR) is 126 cm³/mol. The van der Waals surface area contributed by atoms with Crippen molar-refractivity contribution in [2.24, 2.45) is 11.8 Å². The molecule has 7 nitrogen and oxygen atoms in total. The zero-order valence-corrected chi connectivity index (χ0v) is 19.4. The molecule has 3 aromatic rings. The Morgan fingerprint density at radius 1 is 1.13 bits per heavy atom. The van der Waals surface area contributed by atoms with Crippen LogP contribution in [-0.4, -0.2) is 42.3 Å². The molecule has 1 aliphatic rings. The Labute approximate surface area is 184 Å². The minimum Gasteiger partial charge on any atom is -0.351 e. The lowest BCUT2D eigenvalue weighted by Crippen LogP contribution is -2.28. The lowest BCUT2D eigenvalue weighted by atomic mass is 9.80. The first-order valence-corrected chi connectivity index (χ1v) is 12.7. The van der Waals surface area contributed by atoms with Crippen molar-refractivity contribution >= 4 is 32.6 Å². The first-order chi connectivity index (χ1) is 14.7. The Morgan fingerprint density at radius 2 is 1.87 bits per heavy atom. The van der Waals surface area contributed by atoms with Crippen molar-refractivity contribution in [3.8, 4) is 5.82 Å². The molecule has 0 bridgehead atoms. The number of fused-ring (bicyclic) bond motifs is 1. The summed E-state index contributed by atoms with van der Waals surface area (Å²) in [5.74, 6) is 2.95. The molecule has 1 fully saturated rings. The Balaban J connectivity index is 1.59. The molecule has 31 heavy (non-hydrogen) atoms. The van der Waals surface area contributed by atoms with Gasteiger partial charge in [-0.1, -0.05) is 19.9 Å². The molecule has 4 rings (SSSR count). The van der Waals surface area contributed by atoms with E-state index in [4.69, 9.17) is 4.98 Å². The molecule has 0 atom stereocenters. The summed E-state index contributed by atoms with van der Waals surface area (Å²) in [6.07, 6.45) is 9.67. The molecule has 0 aliphatic heterocycles. The van der Waals surface area contributed by atoms with Gasteiger partial charge in [0.1, 0.15) is 5.82 Å². The van der Waals surface area contributed by atoms with Crippen LogP contribution < -0.4 is 9.62 Å². The second-order valence-electron chi connectivity index (χ2n) is 8.86. The number of benzene rings is 1. The molecule has 2 heterocycles. The Bertz CT molecular complexity index is 1160. The Kier molecular flexibility index (Phi) is 5.92. The number of rotatable bonds is 6. The van der Waals surface area contributed by atoms with Crippen LogP contribution in [0.3, 0.4) is 0 Å². The van der Waals surface area contributed by atoms with E-state index in [2.05, 4.69) is 24.1 Å². The fourth-order valence-corrected chi connectivity index (χ4v) is 4.99. The lowest BCUT2D eigenvalue weighted by molar-refractivity contribution is 0.266. The van der Waals surface area contributed by atoms with Gasteiger partial charge in [0.2, 0.25) is 16.0 Å². The maximum absolute atomic E-state index is 12.0. The van der Waals surface area contributed by atoms with Crippen molar-refractivity contribution in [2.45, 2.75) is 45.6 Å². The molecule has 8 heteroatoms. The first kappa shape index (κ1) is 21.6. The van der Waals surface area contributed by atoms with Crippen LogP contribution in [0.15, 0.2) is 42.7 Å². The molecule has 0 unspecified atom stereocenters. The van der Waals surface area contributed by atoms with Gasteiger partial charge >= 0.3 is 0 Å². The number of anilines is 2. The summed E-state index contributed by atoms with van der Waals surface area (Å²) in [5.41, 5.74) is 1.54. The van der Waals surface area contributed by atoms with Gasteiger partial charge in [0, 0.05) is 30.9 Å². The van der Waals surface area contributed by atoms with Gasteiger partial charge in [-0.25, -0.2) is 13.4 Å². The fourth-order valence-electron chi connectivity index (χ4n) is 4.47. The third-order valence-corrected chi connectivity index (χ3v) is 7.67. The molecule has 166 valence electrons. The average Bonchev–Trinajstić information content (AvgIpc) is 3.17. The van der Waals surface area contributed by atoms with Crippen molar-refractivity contribution in [1.82, 2.24) is 14.5 Å². The monoisotopic (exact) mass is 441 g/mol. The molecular weight excluding hydrogens is 410 g/mol. The predicted octanol–water partition coefficient (Wildman–Crippen LogP) is 4.44. The molecule has 2 aromatic heterocycles. The topological polar surface area (TPSA) is 80.1 Å². The molecule has 0 saturated heterocycles. The second kappa shape index (κ2) is 8.49. The summed E-state index contributed by atoms with van der Waals surface area (Å²) in [5, 5.41) is 4.37. The number of aromatic nitrogens is 3. The number of hydrogen-bond acceptors (Lipinski definition) is 5. The van der Waals surface area contributed by atoms with Gasteiger partial charge < -0.3 is 9.88 Å². The molecule has 1 aromatic carbocycles. The van der Waals surface area contributed by atoms with Gasteiger partial charge in [0.25, 0.3) is 0 Å². The van der Waals surface area contributed by atoms with Crippen molar-refractivity contribution < 1.29 is 8.42 Å². The van der Waals surface area contributed by atoms with E-state index in [-0.39, 0.29) is 0 Å². The quantitative estimate of drug-likeness (QED) is 0.612. The molecule has 1 saturated carbocycles. The number of sulfonamides is 1. The normalized spacial score (nSPS) is 19.6. The third-order valence-electron chi connectivity index (χ3n) is 6.48. The number of nitrogens with one attached hydrogen (secondary N) is 1. The zero-order chi connectivity index (χ0) is 22.2. The molecule has 1 aliphatic carbocycles. The summed E-state index contributed by atoms with van der Waals surface area (Å²) >= 11 is 0. The van der Waals surface area contributed by atoms with Crippen molar-refractivity contribution in [2.75, 3.05) is 22.9 Å². The summed E-state index contributed by atoms with van der Waals surface area (Å²) in [6.45, 7) is 4.62. The van der Waals surface area contributed by atoms with E-state index in [0.29, 0.717) is 17.7 Å². The standard InChI is InChI=1S/C23H31N5O2S/c1-16(2)17-8-10-18(11-9-17)25-23-24-14-12-22(26-23)28-15-13-19-20(6-5-7-21(19)28)27(3)31(4,29)30/h5-7,12-18H,8-11H2,1-4H3,(H,24,25,26)/t17-,18-. The van der Waals surface area contributed by atoms with Crippen molar-refractivity contribution in [1.29, 1.82) is 0 Å². The third kappa shape index (κ3) is 4.54. The van der Waals surface area contributed by atoms with Gasteiger partial charge in [0.15, 0.2) is 0 Å². The van der Waals surface area contributed by atoms with Crippen LogP contribution in [0.2, 0.25) is 0 Å². The summed E-state index contributed by atoms with van der Waals surface area (Å²) in [6, 6.07) is 9.85. The SMILES string of the molecule is CC(C)[C@H]1CC[C@H](Nc2nccc(-n3ccc4c(N(C)S(C)(=O)=O)cccc43)n2)CC1. The van der Waals surface area contributed by atoms with E-state index < -0.39 is 10.0 Å². The number of nitrogens with zero attached hydrogens (tertiary/aromatic N) is 4. The molecule has 0 amide bonds. The van der Waals surface area contributed by atoms with Gasteiger partial charge in [-0.2, -0.15) is 4.98 Å². The van der Waals surface area contributed by atoms with Gasteiger partial charge in [-0.05, 0) is 61.8 Å². The summed E-state index contributed by atoms with van der Waals surface area (Å²) in [7, 11) is -1.78. The summed E-state index contributed by atoms with van der Waals surface area (Å²) < 4.78 is 27.3. The first-order valence-electron chi connectivity index (χ1n) is 10.9.